The summed E-state index contributed by atoms with van der Waals surface area (Å²) in [4.78, 5) is 37.9. The third-order valence-electron chi connectivity index (χ3n) is 13.2. The zero-order valence-electron chi connectivity index (χ0n) is 43.5. The molecule has 14 nitrogen and oxygen atoms in total. The van der Waals surface area contributed by atoms with Gasteiger partial charge in [-0.25, -0.2) is 19.6 Å². The van der Waals surface area contributed by atoms with E-state index in [9.17, 15) is 49.1 Å². The fraction of sp³-hybridized carbons (Fsp3) is 0.407. The number of amides is 2. The van der Waals surface area contributed by atoms with Crippen LogP contribution in [-0.4, -0.2) is 85.0 Å². The molecule has 0 saturated carbocycles. The Bertz CT molecular complexity index is 3050. The number of anilines is 2. The quantitative estimate of drug-likeness (QED) is 0.109. The normalized spacial score (nSPS) is 17.4. The van der Waals surface area contributed by atoms with Crippen LogP contribution < -0.4 is 28.7 Å². The Kier molecular flexibility index (Phi) is 17.0. The number of benzene rings is 4. The number of rotatable bonds is 12. The van der Waals surface area contributed by atoms with E-state index in [1.54, 1.807) is 69.3 Å². The lowest BCUT2D eigenvalue weighted by molar-refractivity contribution is -0.143. The van der Waals surface area contributed by atoms with Crippen molar-refractivity contribution in [1.82, 2.24) is 19.1 Å². The fourth-order valence-corrected chi connectivity index (χ4v) is 9.95. The Morgan fingerprint density at radius 1 is 0.532 bits per heavy atom. The van der Waals surface area contributed by atoms with E-state index >= 15 is 0 Å². The number of halogens is 9. The van der Waals surface area contributed by atoms with Gasteiger partial charge in [-0.05, 0) is 112 Å². The maximum Gasteiger partial charge on any atom is 0.416 e. The van der Waals surface area contributed by atoms with Crippen LogP contribution in [0.5, 0.6) is 23.0 Å². The molecule has 0 bridgehead atoms. The first-order chi connectivity index (χ1) is 36.3. The van der Waals surface area contributed by atoms with E-state index in [1.807, 2.05) is 17.6 Å². The second-order valence-corrected chi connectivity index (χ2v) is 18.4. The summed E-state index contributed by atoms with van der Waals surface area (Å²) in [5.41, 5.74) is -0.116. The summed E-state index contributed by atoms with van der Waals surface area (Å²) in [5.74, 6) is 2.03. The monoisotopic (exact) mass is 1090 g/mol. The molecule has 6 aromatic rings. The molecule has 0 saturated heterocycles. The van der Waals surface area contributed by atoms with E-state index < -0.39 is 59.4 Å². The number of alkyl halides is 9. The Balaban J connectivity index is 0.000000224. The van der Waals surface area contributed by atoms with Gasteiger partial charge in [0.25, 0.3) is 0 Å². The van der Waals surface area contributed by atoms with Gasteiger partial charge in [0.1, 0.15) is 11.6 Å². The van der Waals surface area contributed by atoms with E-state index in [1.165, 1.54) is 56.4 Å². The number of methoxy groups -OCH3 is 4. The molecule has 23 heteroatoms. The summed E-state index contributed by atoms with van der Waals surface area (Å²) in [6.07, 6.45) is -8.21. The SMILES string of the molecule is CCOC(=O)N1c2cc(OC)c(OC)cc2C(c2nccn2Cc2cc(C(F)(F)F)cc(C(F)(F)F)c2)C[C@@H]1C.CCOC(=O)N1c2cc(OC)c(OC)cc2C(c2nccn2Cc2cc(C)cc(C(F)(F)F)c2)C[C@H]1C. The van der Waals surface area contributed by atoms with Gasteiger partial charge in [-0.1, -0.05) is 11.6 Å². The molecule has 4 aromatic carbocycles. The predicted octanol–water partition coefficient (Wildman–Crippen LogP) is 13.0. The van der Waals surface area contributed by atoms with Crippen molar-refractivity contribution in [3.05, 3.63) is 142 Å². The highest BCUT2D eigenvalue weighted by Crippen LogP contribution is 2.49. The third-order valence-corrected chi connectivity index (χ3v) is 13.2. The number of aromatic nitrogens is 4. The third kappa shape index (κ3) is 12.3. The van der Waals surface area contributed by atoms with Gasteiger partial charge in [0.15, 0.2) is 23.0 Å². The summed E-state index contributed by atoms with van der Waals surface area (Å²) >= 11 is 0. The van der Waals surface area contributed by atoms with Gasteiger partial charge in [-0.15, -0.1) is 0 Å². The number of imidazole rings is 2. The molecule has 0 fully saturated rings. The molecule has 4 atom stereocenters. The van der Waals surface area contributed by atoms with Crippen molar-refractivity contribution in [2.24, 2.45) is 0 Å². The van der Waals surface area contributed by atoms with Crippen molar-refractivity contribution in [3.63, 3.8) is 0 Å². The highest BCUT2D eigenvalue weighted by molar-refractivity contribution is 5.92. The predicted molar refractivity (Wildman–Crippen MR) is 265 cm³/mol. The summed E-state index contributed by atoms with van der Waals surface area (Å²) in [6.45, 7) is 9.11. The van der Waals surface area contributed by atoms with Gasteiger partial charge in [0.2, 0.25) is 0 Å². The van der Waals surface area contributed by atoms with Gasteiger partial charge in [-0.3, -0.25) is 9.80 Å². The van der Waals surface area contributed by atoms with E-state index in [0.717, 1.165) is 11.6 Å². The molecular formula is C54H57F9N6O8. The lowest BCUT2D eigenvalue weighted by atomic mass is 9.85. The van der Waals surface area contributed by atoms with Crippen molar-refractivity contribution >= 4 is 23.6 Å². The van der Waals surface area contributed by atoms with Crippen LogP contribution in [0, 0.1) is 6.92 Å². The number of carbonyl (C=O) groups excluding carboxylic acids is 2. The maximum absolute atomic E-state index is 13.4. The molecule has 2 aliphatic rings. The molecule has 2 unspecified atom stereocenters. The minimum atomic E-state index is -4.96. The van der Waals surface area contributed by atoms with Gasteiger partial charge in [0.05, 0.1) is 69.7 Å². The minimum Gasteiger partial charge on any atom is -0.493 e. The zero-order chi connectivity index (χ0) is 56.3. The summed E-state index contributed by atoms with van der Waals surface area (Å²) in [5, 5.41) is 0. The second kappa shape index (κ2) is 22.9. The van der Waals surface area contributed by atoms with Crippen LogP contribution >= 0.6 is 0 Å². The van der Waals surface area contributed by atoms with Gasteiger partial charge < -0.3 is 37.6 Å². The van der Waals surface area contributed by atoms with Crippen LogP contribution in [0.15, 0.2) is 85.5 Å². The zero-order valence-corrected chi connectivity index (χ0v) is 43.5. The van der Waals surface area contributed by atoms with Crippen LogP contribution in [0.4, 0.5) is 60.5 Å². The van der Waals surface area contributed by atoms with E-state index in [-0.39, 0.29) is 49.9 Å². The van der Waals surface area contributed by atoms with Crippen molar-refractivity contribution < 1.29 is 77.5 Å². The molecule has 2 aliphatic heterocycles. The van der Waals surface area contributed by atoms with Crippen LogP contribution in [0.3, 0.4) is 0 Å². The fourth-order valence-electron chi connectivity index (χ4n) is 9.95. The maximum atomic E-state index is 13.4. The van der Waals surface area contributed by atoms with Crippen LogP contribution in [-0.2, 0) is 41.1 Å². The standard InChI is InChI=1S/C27H27F6N3O4.C27H30F3N3O4/c1-5-40-25(37)36-15(2)8-20(19-12-22(38-3)23(39-4)13-21(19)36)24-34-6-7-35(24)14-16-9-17(26(28,29)30)11-18(10-16)27(31,32)33;1-6-37-26(34)33-17(3)11-21(20-13-23(35-4)24(36-5)14-22(20)33)25-31-7-8-32(25)15-18-9-16(2)10-19(12-18)27(28,29)30/h6-7,9-13,15,20H,5,8,14H2,1-4H3;7-10,12-14,17,21H,6,11,15H2,1-5H3/t15-,20?;17-,21?/m01/s1. The minimum absolute atomic E-state index is 0.0982. The number of carbonyl (C=O) groups is 2. The van der Waals surface area contributed by atoms with Crippen LogP contribution in [0.25, 0.3) is 0 Å². The highest BCUT2D eigenvalue weighted by Gasteiger charge is 2.41. The van der Waals surface area contributed by atoms with Gasteiger partial charge in [-0.2, -0.15) is 39.5 Å². The number of ether oxygens (including phenoxy) is 6. The number of hydrogen-bond acceptors (Lipinski definition) is 10. The average molecular weight is 1090 g/mol. The summed E-state index contributed by atoms with van der Waals surface area (Å²) in [7, 11) is 5.94. The molecule has 0 spiro atoms. The molecule has 0 N–H and O–H groups in total. The molecule has 4 heterocycles. The number of hydrogen-bond donors (Lipinski definition) is 0. The molecular weight excluding hydrogens is 1030 g/mol. The first-order valence-electron chi connectivity index (χ1n) is 24.3. The van der Waals surface area contributed by atoms with Crippen LogP contribution in [0.1, 0.15) is 109 Å². The smallest absolute Gasteiger partial charge is 0.416 e. The summed E-state index contributed by atoms with van der Waals surface area (Å²) < 4.78 is 157. The first kappa shape index (κ1) is 57.1. The number of nitrogens with zero attached hydrogens (tertiary/aromatic N) is 6. The molecule has 2 aromatic heterocycles. The van der Waals surface area contributed by atoms with Crippen LogP contribution in [0.2, 0.25) is 0 Å². The van der Waals surface area contributed by atoms with Crippen molar-refractivity contribution in [2.75, 3.05) is 51.5 Å². The average Bonchev–Trinajstić information content (AvgIpc) is 4.08. The first-order valence-corrected chi connectivity index (χ1v) is 24.3. The topological polar surface area (TPSA) is 132 Å². The lowest BCUT2D eigenvalue weighted by Gasteiger charge is -2.39. The van der Waals surface area contributed by atoms with Crippen molar-refractivity contribution in [2.45, 2.75) is 103 Å². The molecule has 8 rings (SSSR count). The molecule has 414 valence electrons. The van der Waals surface area contributed by atoms with Crippen molar-refractivity contribution in [3.8, 4) is 23.0 Å². The Morgan fingerprint density at radius 3 is 1.23 bits per heavy atom. The second-order valence-electron chi connectivity index (χ2n) is 18.4. The van der Waals surface area contributed by atoms with E-state index in [2.05, 4.69) is 9.97 Å². The van der Waals surface area contributed by atoms with Gasteiger partial charge >= 0.3 is 30.7 Å². The van der Waals surface area contributed by atoms with Gasteiger partial charge in [0, 0.05) is 73.9 Å². The van der Waals surface area contributed by atoms with E-state index in [0.29, 0.717) is 87.7 Å². The molecule has 0 radical (unpaired) electrons. The van der Waals surface area contributed by atoms with Crippen molar-refractivity contribution in [1.29, 1.82) is 0 Å². The lowest BCUT2D eigenvalue weighted by Crippen LogP contribution is -2.44. The largest absolute Gasteiger partial charge is 0.493 e. The molecule has 0 aliphatic carbocycles. The number of fused-ring (bicyclic) bond motifs is 2. The Labute approximate surface area is 438 Å². The number of aryl methyl sites for hydroxylation is 1. The molecule has 2 amide bonds. The summed E-state index contributed by atoms with van der Waals surface area (Å²) in [6, 6.07) is 11.8. The molecule has 77 heavy (non-hydrogen) atoms. The Morgan fingerprint density at radius 2 is 0.883 bits per heavy atom. The van der Waals surface area contributed by atoms with E-state index in [4.69, 9.17) is 28.4 Å². The highest BCUT2D eigenvalue weighted by atomic mass is 19.4. The Hall–Kier alpha value is -7.59.